The van der Waals surface area contributed by atoms with Crippen LogP contribution in [-0.2, 0) is 4.79 Å². The first-order chi connectivity index (χ1) is 9.57. The number of aromatic nitrogens is 2. The molecule has 0 radical (unpaired) electrons. The normalized spacial score (nSPS) is 30.4. The van der Waals surface area contributed by atoms with Crippen LogP contribution >= 0.6 is 11.8 Å². The zero-order chi connectivity index (χ0) is 14.2. The van der Waals surface area contributed by atoms with Crippen molar-refractivity contribution in [2.75, 3.05) is 0 Å². The highest BCUT2D eigenvalue weighted by Crippen LogP contribution is 2.39. The van der Waals surface area contributed by atoms with Crippen molar-refractivity contribution in [1.29, 1.82) is 0 Å². The lowest BCUT2D eigenvalue weighted by molar-refractivity contribution is -0.125. The molecule has 0 bridgehead atoms. The molecule has 20 heavy (non-hydrogen) atoms. The number of nitrogens with one attached hydrogen (secondary N) is 1. The van der Waals surface area contributed by atoms with E-state index < -0.39 is 5.54 Å². The average molecular weight is 296 g/mol. The lowest BCUT2D eigenvalue weighted by Crippen LogP contribution is -2.59. The van der Waals surface area contributed by atoms with E-state index in [-0.39, 0.29) is 5.91 Å². The summed E-state index contributed by atoms with van der Waals surface area (Å²) >= 11 is 1.56. The van der Waals surface area contributed by atoms with Crippen LogP contribution in [0.2, 0.25) is 0 Å². The number of carbonyl (C=O) groups is 1. The van der Waals surface area contributed by atoms with Gasteiger partial charge in [0.05, 0.1) is 5.54 Å². The summed E-state index contributed by atoms with van der Waals surface area (Å²) in [5.41, 5.74) is 5.13. The monoisotopic (exact) mass is 296 g/mol. The number of aryl methyl sites for hydroxylation is 1. The summed E-state index contributed by atoms with van der Waals surface area (Å²) < 4.78 is 5.41. The van der Waals surface area contributed by atoms with E-state index in [4.69, 9.17) is 10.2 Å². The van der Waals surface area contributed by atoms with Crippen LogP contribution < -0.4 is 11.1 Å². The van der Waals surface area contributed by atoms with E-state index in [1.807, 2.05) is 0 Å². The number of amides is 1. The molecule has 2 fully saturated rings. The maximum Gasteiger partial charge on any atom is 0.276 e. The van der Waals surface area contributed by atoms with Gasteiger partial charge in [-0.15, -0.1) is 10.2 Å². The highest BCUT2D eigenvalue weighted by molar-refractivity contribution is 7.99. The van der Waals surface area contributed by atoms with E-state index >= 15 is 0 Å². The largest absolute Gasteiger partial charge is 0.416 e. The van der Waals surface area contributed by atoms with Crippen molar-refractivity contribution < 1.29 is 9.21 Å². The van der Waals surface area contributed by atoms with Crippen molar-refractivity contribution in [1.82, 2.24) is 15.5 Å². The molecule has 1 aromatic heterocycles. The molecule has 2 saturated carbocycles. The van der Waals surface area contributed by atoms with Crippen molar-refractivity contribution in [2.24, 2.45) is 5.73 Å². The number of hydrogen-bond donors (Lipinski definition) is 2. The Kier molecular flexibility index (Phi) is 3.72. The van der Waals surface area contributed by atoms with Crippen LogP contribution in [0, 0.1) is 6.92 Å². The van der Waals surface area contributed by atoms with Gasteiger partial charge >= 0.3 is 0 Å². The summed E-state index contributed by atoms with van der Waals surface area (Å²) in [6.45, 7) is 1.78. The molecule has 2 aliphatic carbocycles. The molecule has 1 aromatic rings. The van der Waals surface area contributed by atoms with Gasteiger partial charge in [-0.3, -0.25) is 4.79 Å². The summed E-state index contributed by atoms with van der Waals surface area (Å²) in [5, 5.41) is 12.2. The van der Waals surface area contributed by atoms with Crippen LogP contribution in [0.4, 0.5) is 0 Å². The van der Waals surface area contributed by atoms with Crippen LogP contribution in [0.15, 0.2) is 9.64 Å². The molecule has 1 amide bonds. The molecule has 3 rings (SSSR count). The van der Waals surface area contributed by atoms with Crippen molar-refractivity contribution >= 4 is 17.7 Å². The Labute approximate surface area is 122 Å². The number of hydrogen-bond acceptors (Lipinski definition) is 6. The van der Waals surface area contributed by atoms with Crippen molar-refractivity contribution in [3.63, 3.8) is 0 Å². The topological polar surface area (TPSA) is 94.0 Å². The van der Waals surface area contributed by atoms with Gasteiger partial charge in [-0.05, 0) is 38.5 Å². The van der Waals surface area contributed by atoms with Crippen LogP contribution in [0.1, 0.15) is 44.4 Å². The quantitative estimate of drug-likeness (QED) is 0.852. The van der Waals surface area contributed by atoms with Crippen LogP contribution in [-0.4, -0.2) is 32.9 Å². The number of rotatable bonds is 5. The van der Waals surface area contributed by atoms with E-state index in [1.54, 1.807) is 18.7 Å². The maximum atomic E-state index is 11.9. The first kappa shape index (κ1) is 13.9. The van der Waals surface area contributed by atoms with Crippen LogP contribution in [0.25, 0.3) is 0 Å². The molecule has 0 spiro atoms. The second kappa shape index (κ2) is 5.37. The molecule has 2 aliphatic rings. The molecule has 0 saturated heterocycles. The summed E-state index contributed by atoms with van der Waals surface area (Å²) in [5.74, 6) is 0.344. The fraction of sp³-hybridized carbons (Fsp3) is 0.769. The first-order valence-electron chi connectivity index (χ1n) is 7.12. The maximum absolute atomic E-state index is 11.9. The van der Waals surface area contributed by atoms with E-state index in [2.05, 4.69) is 15.5 Å². The number of carbonyl (C=O) groups excluding carboxylic acids is 1. The third-order valence-corrected chi connectivity index (χ3v) is 5.11. The fourth-order valence-corrected chi connectivity index (χ4v) is 4.03. The Balaban J connectivity index is 1.68. The Morgan fingerprint density at radius 2 is 2.25 bits per heavy atom. The Morgan fingerprint density at radius 1 is 1.45 bits per heavy atom. The molecule has 3 N–H and O–H groups in total. The lowest BCUT2D eigenvalue weighted by atomic mass is 9.80. The van der Waals surface area contributed by atoms with Crippen LogP contribution in [0.5, 0.6) is 0 Å². The fourth-order valence-electron chi connectivity index (χ4n) is 2.84. The molecule has 7 heteroatoms. The van der Waals surface area contributed by atoms with Gasteiger partial charge in [0.15, 0.2) is 0 Å². The number of primary amides is 1. The SMILES string of the molecule is Cc1nnc(SC2CCCC(NC3CC3)(C(N)=O)C2)o1. The first-order valence-corrected chi connectivity index (χ1v) is 8.00. The average Bonchev–Trinajstić information content (AvgIpc) is 3.11. The molecule has 6 nitrogen and oxygen atoms in total. The summed E-state index contributed by atoms with van der Waals surface area (Å²) in [6, 6.07) is 0.469. The zero-order valence-electron chi connectivity index (χ0n) is 11.6. The Morgan fingerprint density at radius 3 is 2.85 bits per heavy atom. The van der Waals surface area contributed by atoms with Crippen molar-refractivity contribution in [2.45, 2.75) is 67.5 Å². The molecule has 2 atom stereocenters. The van der Waals surface area contributed by atoms with Crippen LogP contribution in [0.3, 0.4) is 0 Å². The molecule has 1 heterocycles. The third kappa shape index (κ3) is 2.98. The van der Waals surface area contributed by atoms with Crippen molar-refractivity contribution in [3.05, 3.63) is 5.89 Å². The molecule has 110 valence electrons. The Bertz CT molecular complexity index is 502. The minimum atomic E-state index is -0.549. The van der Waals surface area contributed by atoms with Gasteiger partial charge in [0.25, 0.3) is 5.22 Å². The Hall–Kier alpha value is -1.08. The summed E-state index contributed by atoms with van der Waals surface area (Å²) in [6.07, 6.45) is 5.91. The number of thioether (sulfide) groups is 1. The van der Waals surface area contributed by atoms with Crippen molar-refractivity contribution in [3.8, 4) is 0 Å². The highest BCUT2D eigenvalue weighted by atomic mass is 32.2. The minimum Gasteiger partial charge on any atom is -0.416 e. The lowest BCUT2D eigenvalue weighted by Gasteiger charge is -2.38. The molecule has 2 unspecified atom stereocenters. The predicted molar refractivity (Wildman–Crippen MR) is 75.2 cm³/mol. The van der Waals surface area contributed by atoms with E-state index in [0.29, 0.717) is 22.4 Å². The molecule has 0 aliphatic heterocycles. The van der Waals surface area contributed by atoms with Gasteiger partial charge < -0.3 is 15.5 Å². The van der Waals surface area contributed by atoms with E-state index in [1.165, 1.54) is 0 Å². The van der Waals surface area contributed by atoms with Gasteiger partial charge in [0.1, 0.15) is 0 Å². The molecular formula is C13H20N4O2S. The standard InChI is InChI=1S/C13H20N4O2S/c1-8-16-17-12(19-8)20-10-3-2-6-13(7-10,11(14)18)15-9-4-5-9/h9-10,15H,2-7H2,1H3,(H2,14,18). The highest BCUT2D eigenvalue weighted by Gasteiger charge is 2.45. The predicted octanol–water partition coefficient (Wildman–Crippen LogP) is 1.39. The minimum absolute atomic E-state index is 0.226. The zero-order valence-corrected chi connectivity index (χ0v) is 12.4. The van der Waals surface area contributed by atoms with Gasteiger partial charge in [0, 0.05) is 18.2 Å². The molecule has 0 aromatic carbocycles. The summed E-state index contributed by atoms with van der Waals surface area (Å²) in [4.78, 5) is 11.9. The smallest absolute Gasteiger partial charge is 0.276 e. The van der Waals surface area contributed by atoms with Gasteiger partial charge in [0.2, 0.25) is 11.8 Å². The van der Waals surface area contributed by atoms with E-state index in [0.717, 1.165) is 38.5 Å². The second-order valence-corrected chi connectivity index (χ2v) is 7.04. The van der Waals surface area contributed by atoms with Gasteiger partial charge in [-0.2, -0.15) is 0 Å². The number of nitrogens with two attached hydrogens (primary N) is 1. The second-order valence-electron chi connectivity index (χ2n) is 5.79. The summed E-state index contributed by atoms with van der Waals surface area (Å²) in [7, 11) is 0. The van der Waals surface area contributed by atoms with E-state index in [9.17, 15) is 4.79 Å². The third-order valence-electron chi connectivity index (χ3n) is 4.01. The molecular weight excluding hydrogens is 276 g/mol. The number of nitrogens with zero attached hydrogens (tertiary/aromatic N) is 2. The van der Waals surface area contributed by atoms with Gasteiger partial charge in [-0.1, -0.05) is 11.8 Å². The van der Waals surface area contributed by atoms with Gasteiger partial charge in [-0.25, -0.2) is 0 Å².